The molecule has 20 heavy (non-hydrogen) atoms. The van der Waals surface area contributed by atoms with Gasteiger partial charge in [-0.25, -0.2) is 13.4 Å². The number of methoxy groups -OCH3 is 1. The third kappa shape index (κ3) is 3.28. The molecule has 1 fully saturated rings. The maximum Gasteiger partial charge on any atom is 0.244 e. The van der Waals surface area contributed by atoms with Crippen molar-refractivity contribution >= 4 is 15.8 Å². The lowest BCUT2D eigenvalue weighted by molar-refractivity contribution is 0.0572. The Morgan fingerprint density at radius 1 is 1.50 bits per heavy atom. The molecule has 0 aliphatic carbocycles. The van der Waals surface area contributed by atoms with Gasteiger partial charge in [-0.15, -0.1) is 0 Å². The minimum atomic E-state index is -3.47. The van der Waals surface area contributed by atoms with E-state index in [4.69, 9.17) is 4.74 Å². The molecule has 0 bridgehead atoms. The molecule has 0 saturated carbocycles. The van der Waals surface area contributed by atoms with Crippen molar-refractivity contribution in [2.24, 2.45) is 0 Å². The zero-order chi connectivity index (χ0) is 14.6. The summed E-state index contributed by atoms with van der Waals surface area (Å²) < 4.78 is 31.8. The van der Waals surface area contributed by atoms with E-state index in [2.05, 4.69) is 10.3 Å². The van der Waals surface area contributed by atoms with Crippen LogP contribution in [0.3, 0.4) is 0 Å². The van der Waals surface area contributed by atoms with Crippen LogP contribution in [0.4, 0.5) is 5.82 Å². The van der Waals surface area contributed by atoms with Crippen molar-refractivity contribution in [3.05, 3.63) is 18.3 Å². The van der Waals surface area contributed by atoms with E-state index in [1.807, 2.05) is 6.92 Å². The number of ether oxygens (including phenoxy) is 1. The first kappa shape index (κ1) is 15.2. The highest BCUT2D eigenvalue weighted by molar-refractivity contribution is 7.89. The van der Waals surface area contributed by atoms with Gasteiger partial charge in [0.15, 0.2) is 0 Å². The van der Waals surface area contributed by atoms with Crippen LogP contribution in [0.25, 0.3) is 0 Å². The molecule has 0 aromatic carbocycles. The second kappa shape index (κ2) is 6.51. The maximum atomic E-state index is 12.5. The van der Waals surface area contributed by atoms with Crippen molar-refractivity contribution in [3.63, 3.8) is 0 Å². The SMILES string of the molecule is CCNc1ccc(S(=O)(=O)N2CCCC(OC)C2)cn1. The van der Waals surface area contributed by atoms with Gasteiger partial charge in [0.2, 0.25) is 10.0 Å². The maximum absolute atomic E-state index is 12.5. The van der Waals surface area contributed by atoms with E-state index in [1.54, 1.807) is 19.2 Å². The molecule has 0 radical (unpaired) electrons. The number of piperidine rings is 1. The van der Waals surface area contributed by atoms with Gasteiger partial charge in [0.25, 0.3) is 0 Å². The number of hydrogen-bond acceptors (Lipinski definition) is 5. The molecule has 0 spiro atoms. The Morgan fingerprint density at radius 3 is 2.90 bits per heavy atom. The van der Waals surface area contributed by atoms with Gasteiger partial charge in [-0.1, -0.05) is 0 Å². The molecule has 1 aliphatic heterocycles. The Bertz CT molecular complexity index is 530. The largest absolute Gasteiger partial charge is 0.380 e. The summed E-state index contributed by atoms with van der Waals surface area (Å²) in [5, 5.41) is 3.04. The van der Waals surface area contributed by atoms with Crippen molar-refractivity contribution in [2.45, 2.75) is 30.8 Å². The van der Waals surface area contributed by atoms with E-state index in [-0.39, 0.29) is 11.0 Å². The molecule has 2 heterocycles. The summed E-state index contributed by atoms with van der Waals surface area (Å²) in [6.45, 7) is 3.66. The third-order valence-electron chi connectivity index (χ3n) is 3.41. The monoisotopic (exact) mass is 299 g/mol. The Morgan fingerprint density at radius 2 is 2.30 bits per heavy atom. The van der Waals surface area contributed by atoms with Gasteiger partial charge in [-0.3, -0.25) is 0 Å². The fraction of sp³-hybridized carbons (Fsp3) is 0.615. The molecule has 0 amide bonds. The molecule has 1 atom stereocenters. The Hall–Kier alpha value is -1.18. The molecule has 1 N–H and O–H groups in total. The second-order valence-corrected chi connectivity index (χ2v) is 6.71. The van der Waals surface area contributed by atoms with Crippen LogP contribution in [-0.2, 0) is 14.8 Å². The highest BCUT2D eigenvalue weighted by Gasteiger charge is 2.30. The van der Waals surface area contributed by atoms with Crippen LogP contribution in [0, 0.1) is 0 Å². The summed E-state index contributed by atoms with van der Waals surface area (Å²) in [7, 11) is -1.86. The summed E-state index contributed by atoms with van der Waals surface area (Å²) in [6.07, 6.45) is 3.11. The number of aromatic nitrogens is 1. The molecule has 1 aliphatic rings. The van der Waals surface area contributed by atoms with Gasteiger partial charge in [0.1, 0.15) is 10.7 Å². The average Bonchev–Trinajstić information content (AvgIpc) is 2.48. The summed E-state index contributed by atoms with van der Waals surface area (Å²) in [5.74, 6) is 0.680. The average molecular weight is 299 g/mol. The summed E-state index contributed by atoms with van der Waals surface area (Å²) in [4.78, 5) is 4.35. The normalized spacial score (nSPS) is 20.8. The van der Waals surface area contributed by atoms with Crippen LogP contribution in [0.5, 0.6) is 0 Å². The smallest absolute Gasteiger partial charge is 0.244 e. The molecule has 112 valence electrons. The number of anilines is 1. The van der Waals surface area contributed by atoms with Crippen LogP contribution >= 0.6 is 0 Å². The van der Waals surface area contributed by atoms with Crippen molar-refractivity contribution in [3.8, 4) is 0 Å². The number of pyridine rings is 1. The standard InChI is InChI=1S/C13H21N3O3S/c1-3-14-13-7-6-12(9-15-13)20(17,18)16-8-4-5-11(10-16)19-2/h6-7,9,11H,3-5,8,10H2,1-2H3,(H,14,15). The van der Waals surface area contributed by atoms with Crippen LogP contribution in [0.2, 0.25) is 0 Å². The molecular formula is C13H21N3O3S. The van der Waals surface area contributed by atoms with Crippen LogP contribution in [0.15, 0.2) is 23.2 Å². The quantitative estimate of drug-likeness (QED) is 0.887. The zero-order valence-corrected chi connectivity index (χ0v) is 12.7. The highest BCUT2D eigenvalue weighted by atomic mass is 32.2. The summed E-state index contributed by atoms with van der Waals surface area (Å²) in [6, 6.07) is 3.28. The van der Waals surface area contributed by atoms with Crippen molar-refractivity contribution in [1.29, 1.82) is 0 Å². The number of nitrogens with one attached hydrogen (secondary N) is 1. The number of sulfonamides is 1. The van der Waals surface area contributed by atoms with E-state index >= 15 is 0 Å². The van der Waals surface area contributed by atoms with E-state index in [1.165, 1.54) is 10.5 Å². The first-order valence-corrected chi connectivity index (χ1v) is 8.24. The molecule has 6 nitrogen and oxygen atoms in total. The molecule has 7 heteroatoms. The van der Waals surface area contributed by atoms with Gasteiger partial charge < -0.3 is 10.1 Å². The van der Waals surface area contributed by atoms with Crippen molar-refractivity contribution < 1.29 is 13.2 Å². The summed E-state index contributed by atoms with van der Waals surface area (Å²) in [5.41, 5.74) is 0. The van der Waals surface area contributed by atoms with E-state index < -0.39 is 10.0 Å². The first-order valence-electron chi connectivity index (χ1n) is 6.80. The fourth-order valence-corrected chi connectivity index (χ4v) is 3.74. The molecule has 1 unspecified atom stereocenters. The van der Waals surface area contributed by atoms with Gasteiger partial charge in [0.05, 0.1) is 6.10 Å². The minimum absolute atomic E-state index is 0.0208. The zero-order valence-electron chi connectivity index (χ0n) is 11.9. The number of nitrogens with zero attached hydrogens (tertiary/aromatic N) is 2. The predicted molar refractivity (Wildman–Crippen MR) is 77.2 cm³/mol. The third-order valence-corrected chi connectivity index (χ3v) is 5.25. The topological polar surface area (TPSA) is 71.5 Å². The van der Waals surface area contributed by atoms with Gasteiger partial charge in [-0.2, -0.15) is 4.31 Å². The fourth-order valence-electron chi connectivity index (χ4n) is 2.28. The molecule has 1 aromatic heterocycles. The molecule has 1 aromatic rings. The van der Waals surface area contributed by atoms with Gasteiger partial charge >= 0.3 is 0 Å². The lowest BCUT2D eigenvalue weighted by Crippen LogP contribution is -2.42. The lowest BCUT2D eigenvalue weighted by Gasteiger charge is -2.30. The Kier molecular flexibility index (Phi) is 4.95. The van der Waals surface area contributed by atoms with E-state index in [9.17, 15) is 8.42 Å². The Balaban J connectivity index is 2.16. The lowest BCUT2D eigenvalue weighted by atomic mass is 10.1. The van der Waals surface area contributed by atoms with Gasteiger partial charge in [0, 0.05) is 32.9 Å². The minimum Gasteiger partial charge on any atom is -0.380 e. The van der Waals surface area contributed by atoms with Crippen LogP contribution in [-0.4, -0.2) is 50.6 Å². The second-order valence-electron chi connectivity index (χ2n) is 4.77. The molecule has 2 rings (SSSR count). The van der Waals surface area contributed by atoms with Crippen LogP contribution < -0.4 is 5.32 Å². The summed E-state index contributed by atoms with van der Waals surface area (Å²) >= 11 is 0. The van der Waals surface area contributed by atoms with E-state index in [0.29, 0.717) is 18.9 Å². The van der Waals surface area contributed by atoms with Gasteiger partial charge in [-0.05, 0) is 31.9 Å². The van der Waals surface area contributed by atoms with Crippen LogP contribution in [0.1, 0.15) is 19.8 Å². The first-order chi connectivity index (χ1) is 9.57. The number of rotatable bonds is 5. The van der Waals surface area contributed by atoms with Crippen molar-refractivity contribution in [1.82, 2.24) is 9.29 Å². The molecular weight excluding hydrogens is 278 g/mol. The van der Waals surface area contributed by atoms with E-state index in [0.717, 1.165) is 19.4 Å². The van der Waals surface area contributed by atoms with Crippen molar-refractivity contribution in [2.75, 3.05) is 32.1 Å². The highest BCUT2D eigenvalue weighted by Crippen LogP contribution is 2.21. The number of hydrogen-bond donors (Lipinski definition) is 1. The molecule has 1 saturated heterocycles. The predicted octanol–water partition coefficient (Wildman–Crippen LogP) is 1.31. The Labute approximate surface area is 120 Å².